The molecule has 18 heavy (non-hydrogen) atoms. The molecule has 0 aromatic carbocycles. The number of likely N-dealkylation sites (tertiary alicyclic amines) is 1. The van der Waals surface area contributed by atoms with E-state index in [0.717, 1.165) is 25.8 Å². The maximum absolute atomic E-state index is 12.2. The Labute approximate surface area is 110 Å². The van der Waals surface area contributed by atoms with Gasteiger partial charge in [0.15, 0.2) is 0 Å². The van der Waals surface area contributed by atoms with Gasteiger partial charge in [-0.2, -0.15) is 0 Å². The highest BCUT2D eigenvalue weighted by molar-refractivity contribution is 5.76. The van der Waals surface area contributed by atoms with Crippen molar-refractivity contribution in [2.45, 2.75) is 52.5 Å². The Bertz CT molecular complexity index is 266. The van der Waals surface area contributed by atoms with Crippen LogP contribution in [-0.4, -0.2) is 48.3 Å². The number of amides is 1. The monoisotopic (exact) mass is 257 g/mol. The maximum atomic E-state index is 12.2. The lowest BCUT2D eigenvalue weighted by atomic mass is 9.81. The number of nitrogens with zero attached hydrogens (tertiary/aromatic N) is 1. The van der Waals surface area contributed by atoms with Gasteiger partial charge in [0.1, 0.15) is 0 Å². The van der Waals surface area contributed by atoms with Gasteiger partial charge < -0.3 is 14.7 Å². The molecular formula is C14H27NO3. The number of carbonyl (C=O) groups is 1. The number of hydrogen-bond acceptors (Lipinski definition) is 3. The van der Waals surface area contributed by atoms with Gasteiger partial charge in [-0.25, -0.2) is 0 Å². The molecule has 1 aliphatic heterocycles. The van der Waals surface area contributed by atoms with Crippen LogP contribution >= 0.6 is 0 Å². The lowest BCUT2D eigenvalue weighted by Crippen LogP contribution is -2.51. The molecule has 1 atom stereocenters. The molecule has 1 unspecified atom stereocenters. The molecule has 0 aromatic rings. The van der Waals surface area contributed by atoms with E-state index < -0.39 is 0 Å². The number of aliphatic hydroxyl groups is 1. The normalized spacial score (nSPS) is 23.1. The van der Waals surface area contributed by atoms with Crippen LogP contribution < -0.4 is 0 Å². The Morgan fingerprint density at radius 1 is 1.50 bits per heavy atom. The fourth-order valence-corrected chi connectivity index (χ4v) is 2.48. The van der Waals surface area contributed by atoms with E-state index in [9.17, 15) is 9.90 Å². The molecule has 106 valence electrons. The van der Waals surface area contributed by atoms with Crippen LogP contribution in [0.25, 0.3) is 0 Å². The maximum Gasteiger partial charge on any atom is 0.223 e. The van der Waals surface area contributed by atoms with Crippen LogP contribution in [0.5, 0.6) is 0 Å². The summed E-state index contributed by atoms with van der Waals surface area (Å²) in [5, 5.41) is 9.37. The third-order valence-electron chi connectivity index (χ3n) is 3.61. The summed E-state index contributed by atoms with van der Waals surface area (Å²) in [6.07, 6.45) is 3.26. The van der Waals surface area contributed by atoms with Crippen molar-refractivity contribution in [2.75, 3.05) is 26.4 Å². The number of rotatable bonds is 6. The van der Waals surface area contributed by atoms with Gasteiger partial charge in [-0.05, 0) is 31.6 Å². The first-order valence-electron chi connectivity index (χ1n) is 6.98. The Morgan fingerprint density at radius 3 is 2.83 bits per heavy atom. The van der Waals surface area contributed by atoms with E-state index in [4.69, 9.17) is 4.74 Å². The molecule has 0 spiro atoms. The van der Waals surface area contributed by atoms with Crippen molar-refractivity contribution >= 4 is 5.91 Å². The molecule has 0 aliphatic carbocycles. The van der Waals surface area contributed by atoms with Crippen molar-refractivity contribution in [3.8, 4) is 0 Å². The minimum Gasteiger partial charge on any atom is -0.394 e. The van der Waals surface area contributed by atoms with Gasteiger partial charge in [-0.3, -0.25) is 4.79 Å². The first-order chi connectivity index (χ1) is 8.50. The van der Waals surface area contributed by atoms with E-state index in [0.29, 0.717) is 19.6 Å². The van der Waals surface area contributed by atoms with Gasteiger partial charge in [-0.1, -0.05) is 13.8 Å². The molecule has 0 radical (unpaired) electrons. The molecule has 1 heterocycles. The van der Waals surface area contributed by atoms with Crippen LogP contribution in [0.15, 0.2) is 0 Å². The van der Waals surface area contributed by atoms with Crippen molar-refractivity contribution in [2.24, 2.45) is 5.41 Å². The highest BCUT2D eigenvalue weighted by Crippen LogP contribution is 2.32. The average Bonchev–Trinajstić information content (AvgIpc) is 2.33. The van der Waals surface area contributed by atoms with Gasteiger partial charge >= 0.3 is 0 Å². The summed E-state index contributed by atoms with van der Waals surface area (Å²) in [5.41, 5.74) is 0.168. The molecule has 4 heteroatoms. The second-order valence-electron chi connectivity index (χ2n) is 5.86. The second-order valence-corrected chi connectivity index (χ2v) is 5.86. The van der Waals surface area contributed by atoms with E-state index in [2.05, 4.69) is 13.8 Å². The summed E-state index contributed by atoms with van der Waals surface area (Å²) in [6.45, 7) is 8.49. The van der Waals surface area contributed by atoms with Gasteiger partial charge in [0.25, 0.3) is 0 Å². The molecule has 1 aliphatic rings. The predicted octanol–water partition coefficient (Wildman–Crippen LogP) is 1.81. The van der Waals surface area contributed by atoms with Crippen molar-refractivity contribution in [1.29, 1.82) is 0 Å². The number of aliphatic hydroxyl groups excluding tert-OH is 1. The van der Waals surface area contributed by atoms with Gasteiger partial charge in [-0.15, -0.1) is 0 Å². The lowest BCUT2D eigenvalue weighted by Gasteiger charge is -2.43. The van der Waals surface area contributed by atoms with E-state index in [-0.39, 0.29) is 24.0 Å². The van der Waals surface area contributed by atoms with Crippen LogP contribution in [0.2, 0.25) is 0 Å². The van der Waals surface area contributed by atoms with E-state index in [1.54, 1.807) is 0 Å². The zero-order chi connectivity index (χ0) is 13.6. The fraction of sp³-hybridized carbons (Fsp3) is 0.929. The number of piperidine rings is 1. The summed E-state index contributed by atoms with van der Waals surface area (Å²) >= 11 is 0. The van der Waals surface area contributed by atoms with E-state index in [1.807, 2.05) is 11.8 Å². The molecule has 0 aromatic heterocycles. The standard InChI is InChI=1S/C14H27NO3/c1-4-18-9-5-6-13(17)15-11-14(2,3)8-7-12(15)10-16/h12,16H,4-11H2,1-3H3. The summed E-state index contributed by atoms with van der Waals surface area (Å²) in [5.74, 6) is 0.154. The Hall–Kier alpha value is -0.610. The van der Waals surface area contributed by atoms with Crippen LogP contribution in [0.1, 0.15) is 46.5 Å². The van der Waals surface area contributed by atoms with E-state index >= 15 is 0 Å². The van der Waals surface area contributed by atoms with Crippen LogP contribution in [0, 0.1) is 5.41 Å². The minimum absolute atomic E-state index is 0.0117. The molecule has 1 amide bonds. The van der Waals surface area contributed by atoms with Gasteiger partial charge in [0.2, 0.25) is 5.91 Å². The smallest absolute Gasteiger partial charge is 0.223 e. The predicted molar refractivity (Wildman–Crippen MR) is 71.3 cm³/mol. The van der Waals surface area contributed by atoms with Gasteiger partial charge in [0, 0.05) is 26.2 Å². The zero-order valence-corrected chi connectivity index (χ0v) is 11.9. The first kappa shape index (κ1) is 15.4. The largest absolute Gasteiger partial charge is 0.394 e. The van der Waals surface area contributed by atoms with Crippen molar-refractivity contribution < 1.29 is 14.6 Å². The second kappa shape index (κ2) is 7.10. The van der Waals surface area contributed by atoms with Crippen LogP contribution in [0.3, 0.4) is 0 Å². The van der Waals surface area contributed by atoms with Crippen molar-refractivity contribution in [3.05, 3.63) is 0 Å². The quantitative estimate of drug-likeness (QED) is 0.738. The van der Waals surface area contributed by atoms with Crippen molar-refractivity contribution in [1.82, 2.24) is 4.90 Å². The number of carbonyl (C=O) groups excluding carboxylic acids is 1. The topological polar surface area (TPSA) is 49.8 Å². The fourth-order valence-electron chi connectivity index (χ4n) is 2.48. The molecule has 1 N–H and O–H groups in total. The lowest BCUT2D eigenvalue weighted by molar-refractivity contribution is -0.139. The minimum atomic E-state index is 0.0117. The molecule has 0 saturated carbocycles. The van der Waals surface area contributed by atoms with Gasteiger partial charge in [0.05, 0.1) is 12.6 Å². The summed E-state index contributed by atoms with van der Waals surface area (Å²) in [6, 6.07) is 0.0117. The third kappa shape index (κ3) is 4.58. The molecule has 1 rings (SSSR count). The number of hydrogen-bond donors (Lipinski definition) is 1. The Kier molecular flexibility index (Phi) is 6.09. The molecule has 1 saturated heterocycles. The highest BCUT2D eigenvalue weighted by Gasteiger charge is 2.34. The average molecular weight is 257 g/mol. The van der Waals surface area contributed by atoms with Crippen LogP contribution in [-0.2, 0) is 9.53 Å². The summed E-state index contributed by atoms with van der Waals surface area (Å²) < 4.78 is 5.25. The van der Waals surface area contributed by atoms with Crippen LogP contribution in [0.4, 0.5) is 0 Å². The molecule has 4 nitrogen and oxygen atoms in total. The van der Waals surface area contributed by atoms with E-state index in [1.165, 1.54) is 0 Å². The SMILES string of the molecule is CCOCCCC(=O)N1CC(C)(C)CCC1CO. The Balaban J connectivity index is 2.46. The molecule has 1 fully saturated rings. The van der Waals surface area contributed by atoms with Crippen molar-refractivity contribution in [3.63, 3.8) is 0 Å². The highest BCUT2D eigenvalue weighted by atomic mass is 16.5. The summed E-state index contributed by atoms with van der Waals surface area (Å²) in [7, 11) is 0. The first-order valence-corrected chi connectivity index (χ1v) is 6.98. The molecule has 0 bridgehead atoms. The summed E-state index contributed by atoms with van der Waals surface area (Å²) in [4.78, 5) is 14.0. The number of ether oxygens (including phenoxy) is 1. The third-order valence-corrected chi connectivity index (χ3v) is 3.61. The zero-order valence-electron chi connectivity index (χ0n) is 11.9. The Morgan fingerprint density at radius 2 is 2.22 bits per heavy atom. The molecular weight excluding hydrogens is 230 g/mol.